The van der Waals surface area contributed by atoms with Gasteiger partial charge in [0.1, 0.15) is 5.41 Å². The Morgan fingerprint density at radius 2 is 1.23 bits per heavy atom. The summed E-state index contributed by atoms with van der Waals surface area (Å²) in [4.78, 5) is 0. The molecule has 1 aliphatic carbocycles. The van der Waals surface area contributed by atoms with Crippen molar-refractivity contribution in [1.29, 1.82) is 0 Å². The average Bonchev–Trinajstić information content (AvgIpc) is 2.61. The molecule has 1 aliphatic rings. The van der Waals surface area contributed by atoms with Crippen molar-refractivity contribution < 1.29 is 13.2 Å². The highest BCUT2D eigenvalue weighted by molar-refractivity contribution is 14.1. The SMILES string of the molecule is CC1(C(F)(F)F)c2cc(I)cc(Br)c2-c2c(Br)cc(I)cc21. The van der Waals surface area contributed by atoms with E-state index >= 15 is 0 Å². The van der Waals surface area contributed by atoms with Crippen LogP contribution in [0.25, 0.3) is 11.1 Å². The molecule has 2 aromatic carbocycles. The lowest BCUT2D eigenvalue weighted by atomic mass is 9.79. The Balaban J connectivity index is 2.53. The van der Waals surface area contributed by atoms with E-state index in [1.54, 1.807) is 12.1 Å². The van der Waals surface area contributed by atoms with Gasteiger partial charge in [-0.15, -0.1) is 0 Å². The fourth-order valence-electron chi connectivity index (χ4n) is 2.89. The first kappa shape index (κ1) is 17.5. The third-order valence-corrected chi connectivity index (χ3v) is 6.50. The number of alkyl halides is 3. The summed E-state index contributed by atoms with van der Waals surface area (Å²) in [5.74, 6) is 0. The van der Waals surface area contributed by atoms with E-state index in [0.29, 0.717) is 31.2 Å². The van der Waals surface area contributed by atoms with Gasteiger partial charge in [0.2, 0.25) is 0 Å². The van der Waals surface area contributed by atoms with Gasteiger partial charge in [0.25, 0.3) is 0 Å². The summed E-state index contributed by atoms with van der Waals surface area (Å²) >= 11 is 11.0. The molecule has 0 amide bonds. The first-order valence-corrected chi connectivity index (χ1v) is 9.88. The summed E-state index contributed by atoms with van der Waals surface area (Å²) in [5.41, 5.74) is -0.157. The van der Waals surface area contributed by atoms with Crippen molar-refractivity contribution in [2.75, 3.05) is 0 Å². The van der Waals surface area contributed by atoms with E-state index in [1.165, 1.54) is 6.92 Å². The highest BCUT2D eigenvalue weighted by Crippen LogP contribution is 2.60. The number of fused-ring (bicyclic) bond motifs is 3. The molecule has 0 saturated heterocycles. The van der Waals surface area contributed by atoms with Crippen LogP contribution in [0.1, 0.15) is 18.1 Å². The molecule has 2 aromatic rings. The minimum atomic E-state index is -4.37. The molecule has 0 nitrogen and oxygen atoms in total. The smallest absolute Gasteiger partial charge is 0.170 e. The van der Waals surface area contributed by atoms with Crippen molar-refractivity contribution in [2.45, 2.75) is 18.5 Å². The molecule has 3 rings (SSSR count). The van der Waals surface area contributed by atoms with Crippen molar-refractivity contribution in [3.8, 4) is 11.1 Å². The Morgan fingerprint density at radius 3 is 1.55 bits per heavy atom. The van der Waals surface area contributed by atoms with Gasteiger partial charge in [0.05, 0.1) is 0 Å². The van der Waals surface area contributed by atoms with Crippen LogP contribution in [0, 0.1) is 7.14 Å². The zero-order chi connectivity index (χ0) is 16.4. The summed E-state index contributed by atoms with van der Waals surface area (Å²) in [6.45, 7) is 1.27. The van der Waals surface area contributed by atoms with Crippen LogP contribution in [0.15, 0.2) is 33.2 Å². The molecule has 0 bridgehead atoms. The summed E-state index contributed by atoms with van der Waals surface area (Å²) in [6, 6.07) is 6.95. The quantitative estimate of drug-likeness (QED) is 0.262. The van der Waals surface area contributed by atoms with Gasteiger partial charge < -0.3 is 0 Å². The molecule has 116 valence electrons. The van der Waals surface area contributed by atoms with Crippen LogP contribution in [0.3, 0.4) is 0 Å². The number of benzene rings is 2. The van der Waals surface area contributed by atoms with Crippen molar-refractivity contribution in [3.63, 3.8) is 0 Å². The first-order chi connectivity index (χ1) is 10.1. The van der Waals surface area contributed by atoms with E-state index in [0.717, 1.165) is 7.14 Å². The molecule has 0 N–H and O–H groups in total. The highest BCUT2D eigenvalue weighted by Gasteiger charge is 2.59. The summed E-state index contributed by atoms with van der Waals surface area (Å²) in [7, 11) is 0. The van der Waals surface area contributed by atoms with E-state index in [-0.39, 0.29) is 0 Å². The van der Waals surface area contributed by atoms with E-state index < -0.39 is 11.6 Å². The lowest BCUT2D eigenvalue weighted by Gasteiger charge is -2.30. The van der Waals surface area contributed by atoms with Crippen LogP contribution >= 0.6 is 77.0 Å². The standard InChI is InChI=1S/C15H7Br2F3I2/c1-14(15(18,19)20)8-2-6(21)4-10(16)12(8)13-9(14)3-7(22)5-11(13)17/h2-5H,1H3. The Labute approximate surface area is 169 Å². The van der Waals surface area contributed by atoms with Gasteiger partial charge in [-0.25, -0.2) is 0 Å². The van der Waals surface area contributed by atoms with Gasteiger partial charge >= 0.3 is 6.18 Å². The third kappa shape index (κ3) is 2.40. The van der Waals surface area contributed by atoms with E-state index in [9.17, 15) is 13.2 Å². The number of halogens is 7. The first-order valence-electron chi connectivity index (χ1n) is 6.13. The Kier molecular flexibility index (Phi) is 4.44. The van der Waals surface area contributed by atoms with Crippen molar-refractivity contribution in [3.05, 3.63) is 51.5 Å². The van der Waals surface area contributed by atoms with E-state index in [2.05, 4.69) is 31.9 Å². The highest BCUT2D eigenvalue weighted by atomic mass is 127. The molecule has 0 spiro atoms. The molecule has 22 heavy (non-hydrogen) atoms. The van der Waals surface area contributed by atoms with Gasteiger partial charge in [-0.1, -0.05) is 31.9 Å². The van der Waals surface area contributed by atoms with Crippen LogP contribution in [0.5, 0.6) is 0 Å². The Hall–Kier alpha value is 0.650. The van der Waals surface area contributed by atoms with Crippen LogP contribution in [-0.2, 0) is 5.41 Å². The maximum Gasteiger partial charge on any atom is 0.402 e. The fourth-order valence-corrected chi connectivity index (χ4v) is 6.31. The minimum absolute atomic E-state index is 0.302. The maximum atomic E-state index is 14.0. The normalized spacial score (nSPS) is 15.6. The van der Waals surface area contributed by atoms with Gasteiger partial charge in [-0.05, 0) is 87.5 Å². The van der Waals surface area contributed by atoms with Gasteiger partial charge in [-0.3, -0.25) is 0 Å². The second-order valence-electron chi connectivity index (χ2n) is 5.24. The van der Waals surface area contributed by atoms with Gasteiger partial charge in [0, 0.05) is 27.2 Å². The van der Waals surface area contributed by atoms with E-state index in [1.807, 2.05) is 57.3 Å². The second-order valence-corrected chi connectivity index (χ2v) is 9.44. The molecular formula is C15H7Br2F3I2. The number of hydrogen-bond acceptors (Lipinski definition) is 0. The molecule has 0 saturated carbocycles. The molecule has 0 unspecified atom stereocenters. The summed E-state index contributed by atoms with van der Waals surface area (Å²) in [6.07, 6.45) is -4.37. The summed E-state index contributed by atoms with van der Waals surface area (Å²) in [5, 5.41) is 0. The molecule has 0 atom stereocenters. The maximum absolute atomic E-state index is 14.0. The van der Waals surface area contributed by atoms with Crippen molar-refractivity contribution >= 4 is 77.0 Å². The largest absolute Gasteiger partial charge is 0.402 e. The molecule has 0 aliphatic heterocycles. The predicted octanol–water partition coefficient (Wildman–Crippen LogP) is 7.27. The molecule has 0 radical (unpaired) electrons. The van der Waals surface area contributed by atoms with Gasteiger partial charge in [-0.2, -0.15) is 13.2 Å². The van der Waals surface area contributed by atoms with Crippen molar-refractivity contribution in [1.82, 2.24) is 0 Å². The molecule has 0 aromatic heterocycles. The average molecular weight is 658 g/mol. The van der Waals surface area contributed by atoms with Crippen LogP contribution < -0.4 is 0 Å². The van der Waals surface area contributed by atoms with Crippen LogP contribution in [-0.4, -0.2) is 6.18 Å². The number of rotatable bonds is 0. The van der Waals surface area contributed by atoms with Crippen LogP contribution in [0.4, 0.5) is 13.2 Å². The lowest BCUT2D eigenvalue weighted by Crippen LogP contribution is -2.39. The monoisotopic (exact) mass is 656 g/mol. The second kappa shape index (κ2) is 5.59. The van der Waals surface area contributed by atoms with Crippen LogP contribution in [0.2, 0.25) is 0 Å². The number of hydrogen-bond donors (Lipinski definition) is 0. The predicted molar refractivity (Wildman–Crippen MR) is 105 cm³/mol. The molecule has 0 heterocycles. The minimum Gasteiger partial charge on any atom is -0.170 e. The Morgan fingerprint density at radius 1 is 0.864 bits per heavy atom. The van der Waals surface area contributed by atoms with E-state index in [4.69, 9.17) is 0 Å². The molecule has 7 heteroatoms. The molecular weight excluding hydrogens is 651 g/mol. The Bertz CT molecular complexity index is 743. The van der Waals surface area contributed by atoms with Crippen molar-refractivity contribution in [2.24, 2.45) is 0 Å². The molecule has 0 fully saturated rings. The topological polar surface area (TPSA) is 0 Å². The fraction of sp³-hybridized carbons (Fsp3) is 0.200. The third-order valence-electron chi connectivity index (χ3n) is 4.00. The summed E-state index contributed by atoms with van der Waals surface area (Å²) < 4.78 is 44.9. The van der Waals surface area contributed by atoms with Gasteiger partial charge in [0.15, 0.2) is 0 Å². The zero-order valence-electron chi connectivity index (χ0n) is 11.0. The zero-order valence-corrected chi connectivity index (χ0v) is 18.4. The lowest BCUT2D eigenvalue weighted by molar-refractivity contribution is -0.172.